The van der Waals surface area contributed by atoms with Crippen molar-refractivity contribution in [2.24, 2.45) is 4.99 Å². The number of hydrogen-bond acceptors (Lipinski definition) is 3. The Balaban J connectivity index is 0.00000312. The summed E-state index contributed by atoms with van der Waals surface area (Å²) in [5.41, 5.74) is 4.32. The summed E-state index contributed by atoms with van der Waals surface area (Å²) in [5.74, 6) is 1.73. The Kier molecular flexibility index (Phi) is 8.68. The molecule has 1 aromatic carbocycles. The fraction of sp³-hybridized carbons (Fsp3) is 0.368. The molecule has 0 saturated heterocycles. The van der Waals surface area contributed by atoms with Gasteiger partial charge in [0.2, 0.25) is 0 Å². The SMILES string of the molecule is CN=C(NCc1ncc(C)c(OC)c1C)N(C)Cc1ccccc1.I. The number of halogens is 1. The Morgan fingerprint density at radius 1 is 1.24 bits per heavy atom. The number of aryl methyl sites for hydroxylation is 1. The van der Waals surface area contributed by atoms with Gasteiger partial charge in [-0.15, -0.1) is 24.0 Å². The Morgan fingerprint density at radius 3 is 2.52 bits per heavy atom. The maximum Gasteiger partial charge on any atom is 0.194 e. The van der Waals surface area contributed by atoms with E-state index in [0.29, 0.717) is 6.54 Å². The van der Waals surface area contributed by atoms with Gasteiger partial charge in [0.1, 0.15) is 5.75 Å². The molecular formula is C19H27IN4O. The third-order valence-electron chi connectivity index (χ3n) is 4.00. The molecule has 0 fully saturated rings. The predicted octanol–water partition coefficient (Wildman–Crippen LogP) is 3.53. The van der Waals surface area contributed by atoms with Crippen molar-refractivity contribution in [3.05, 3.63) is 58.9 Å². The van der Waals surface area contributed by atoms with Crippen LogP contribution < -0.4 is 10.1 Å². The molecule has 0 radical (unpaired) electrons. The molecule has 6 heteroatoms. The molecule has 0 aliphatic rings. The van der Waals surface area contributed by atoms with Crippen molar-refractivity contribution < 1.29 is 4.74 Å². The van der Waals surface area contributed by atoms with Gasteiger partial charge >= 0.3 is 0 Å². The molecule has 1 heterocycles. The topological polar surface area (TPSA) is 49.8 Å². The third-order valence-corrected chi connectivity index (χ3v) is 4.00. The lowest BCUT2D eigenvalue weighted by atomic mass is 10.1. The number of aromatic nitrogens is 1. The first kappa shape index (κ1) is 21.2. The van der Waals surface area contributed by atoms with E-state index in [-0.39, 0.29) is 24.0 Å². The number of methoxy groups -OCH3 is 1. The number of nitrogens with one attached hydrogen (secondary N) is 1. The summed E-state index contributed by atoms with van der Waals surface area (Å²) in [5, 5.41) is 3.38. The summed E-state index contributed by atoms with van der Waals surface area (Å²) in [7, 11) is 5.51. The van der Waals surface area contributed by atoms with Crippen LogP contribution in [0.1, 0.15) is 22.4 Å². The van der Waals surface area contributed by atoms with Gasteiger partial charge in [-0.05, 0) is 19.4 Å². The van der Waals surface area contributed by atoms with Crippen LogP contribution in [0, 0.1) is 13.8 Å². The number of guanidine groups is 1. The molecule has 2 rings (SSSR count). The minimum atomic E-state index is 0. The number of ether oxygens (including phenoxy) is 1. The van der Waals surface area contributed by atoms with E-state index in [1.165, 1.54) is 5.56 Å². The van der Waals surface area contributed by atoms with Crippen molar-refractivity contribution in [2.45, 2.75) is 26.9 Å². The maximum atomic E-state index is 5.47. The lowest BCUT2D eigenvalue weighted by Gasteiger charge is -2.22. The van der Waals surface area contributed by atoms with E-state index in [0.717, 1.165) is 35.1 Å². The molecule has 0 aliphatic heterocycles. The molecule has 0 aliphatic carbocycles. The smallest absolute Gasteiger partial charge is 0.194 e. The van der Waals surface area contributed by atoms with Crippen LogP contribution in [0.2, 0.25) is 0 Å². The minimum absolute atomic E-state index is 0. The Hall–Kier alpha value is -1.83. The summed E-state index contributed by atoms with van der Waals surface area (Å²) in [6.45, 7) is 5.44. The zero-order chi connectivity index (χ0) is 17.5. The van der Waals surface area contributed by atoms with E-state index in [4.69, 9.17) is 4.74 Å². The van der Waals surface area contributed by atoms with Crippen molar-refractivity contribution in [3.63, 3.8) is 0 Å². The fourth-order valence-electron chi connectivity index (χ4n) is 2.73. The second-order valence-corrected chi connectivity index (χ2v) is 5.79. The van der Waals surface area contributed by atoms with Crippen LogP contribution in [-0.2, 0) is 13.1 Å². The van der Waals surface area contributed by atoms with E-state index in [9.17, 15) is 0 Å². The van der Waals surface area contributed by atoms with Gasteiger partial charge in [-0.25, -0.2) is 0 Å². The molecule has 1 aromatic heterocycles. The monoisotopic (exact) mass is 454 g/mol. The van der Waals surface area contributed by atoms with Crippen molar-refractivity contribution in [2.75, 3.05) is 21.2 Å². The van der Waals surface area contributed by atoms with Gasteiger partial charge in [0, 0.05) is 38.0 Å². The van der Waals surface area contributed by atoms with E-state index in [1.807, 2.05) is 45.3 Å². The summed E-state index contributed by atoms with van der Waals surface area (Å²) < 4.78 is 5.47. The van der Waals surface area contributed by atoms with Gasteiger partial charge in [0.05, 0.1) is 19.3 Å². The van der Waals surface area contributed by atoms with Gasteiger partial charge in [-0.1, -0.05) is 30.3 Å². The number of benzene rings is 1. The Bertz CT molecular complexity index is 704. The van der Waals surface area contributed by atoms with Gasteiger partial charge in [0.25, 0.3) is 0 Å². The molecule has 1 N–H and O–H groups in total. The first-order chi connectivity index (χ1) is 11.6. The molecule has 2 aromatic rings. The van der Waals surface area contributed by atoms with Crippen LogP contribution >= 0.6 is 24.0 Å². The predicted molar refractivity (Wildman–Crippen MR) is 114 cm³/mol. The van der Waals surface area contributed by atoms with Crippen LogP contribution in [0.3, 0.4) is 0 Å². The van der Waals surface area contributed by atoms with E-state index in [1.54, 1.807) is 14.2 Å². The first-order valence-electron chi connectivity index (χ1n) is 8.01. The van der Waals surface area contributed by atoms with Gasteiger partial charge < -0.3 is 15.0 Å². The fourth-order valence-corrected chi connectivity index (χ4v) is 2.73. The lowest BCUT2D eigenvalue weighted by Crippen LogP contribution is -2.38. The van der Waals surface area contributed by atoms with Crippen molar-refractivity contribution in [1.29, 1.82) is 0 Å². The number of rotatable bonds is 5. The van der Waals surface area contributed by atoms with Gasteiger partial charge in [0.15, 0.2) is 5.96 Å². The average Bonchev–Trinajstić information content (AvgIpc) is 2.58. The molecule has 136 valence electrons. The second kappa shape index (κ2) is 10.2. The summed E-state index contributed by atoms with van der Waals surface area (Å²) in [6.07, 6.45) is 1.85. The summed E-state index contributed by atoms with van der Waals surface area (Å²) >= 11 is 0. The molecule has 0 bridgehead atoms. The quantitative estimate of drug-likeness (QED) is 0.427. The van der Waals surface area contributed by atoms with Crippen LogP contribution in [-0.4, -0.2) is 37.0 Å². The highest BCUT2D eigenvalue weighted by Gasteiger charge is 2.11. The summed E-state index contributed by atoms with van der Waals surface area (Å²) in [4.78, 5) is 11.0. The number of nitrogens with zero attached hydrogens (tertiary/aromatic N) is 3. The molecule has 0 unspecified atom stereocenters. The highest BCUT2D eigenvalue weighted by atomic mass is 127. The molecule has 0 atom stereocenters. The van der Waals surface area contributed by atoms with Crippen LogP contribution in [0.5, 0.6) is 5.75 Å². The molecule has 0 saturated carbocycles. The maximum absolute atomic E-state index is 5.47. The van der Waals surface area contributed by atoms with Crippen LogP contribution in [0.4, 0.5) is 0 Å². The van der Waals surface area contributed by atoms with Crippen LogP contribution in [0.15, 0.2) is 41.5 Å². The Morgan fingerprint density at radius 2 is 1.92 bits per heavy atom. The molecule has 0 amide bonds. The van der Waals surface area contributed by atoms with E-state index < -0.39 is 0 Å². The second-order valence-electron chi connectivity index (χ2n) is 5.79. The van der Waals surface area contributed by atoms with Crippen LogP contribution in [0.25, 0.3) is 0 Å². The third kappa shape index (κ3) is 5.59. The zero-order valence-corrected chi connectivity index (χ0v) is 17.9. The lowest BCUT2D eigenvalue weighted by molar-refractivity contribution is 0.406. The molecule has 0 spiro atoms. The van der Waals surface area contributed by atoms with E-state index >= 15 is 0 Å². The average molecular weight is 454 g/mol. The Labute approximate surface area is 167 Å². The van der Waals surface area contributed by atoms with Crippen molar-refractivity contribution >= 4 is 29.9 Å². The minimum Gasteiger partial charge on any atom is -0.496 e. The molecule has 5 nitrogen and oxygen atoms in total. The van der Waals surface area contributed by atoms with Crippen molar-refractivity contribution in [1.82, 2.24) is 15.2 Å². The highest BCUT2D eigenvalue weighted by Crippen LogP contribution is 2.23. The number of aliphatic imine (C=N–C) groups is 1. The number of hydrogen-bond donors (Lipinski definition) is 1. The number of pyridine rings is 1. The normalized spacial score (nSPS) is 10.8. The van der Waals surface area contributed by atoms with Gasteiger partial charge in [-0.2, -0.15) is 0 Å². The standard InChI is InChI=1S/C19H26N4O.HI/c1-14-11-21-17(15(2)18(14)24-5)12-22-19(20-3)23(4)13-16-9-7-6-8-10-16;/h6-11H,12-13H2,1-5H3,(H,20,22);1H. The first-order valence-corrected chi connectivity index (χ1v) is 8.01. The summed E-state index contributed by atoms with van der Waals surface area (Å²) in [6, 6.07) is 10.3. The van der Waals surface area contributed by atoms with E-state index in [2.05, 4.69) is 32.3 Å². The molecular weight excluding hydrogens is 427 g/mol. The highest BCUT2D eigenvalue weighted by molar-refractivity contribution is 14.0. The largest absolute Gasteiger partial charge is 0.496 e. The zero-order valence-electron chi connectivity index (χ0n) is 15.5. The van der Waals surface area contributed by atoms with Gasteiger partial charge in [-0.3, -0.25) is 9.98 Å². The van der Waals surface area contributed by atoms with Crippen molar-refractivity contribution in [3.8, 4) is 5.75 Å². The molecule has 25 heavy (non-hydrogen) atoms.